The first-order valence-corrected chi connectivity index (χ1v) is 7.13. The molecule has 2 aromatic rings. The van der Waals surface area contributed by atoms with Crippen LogP contribution in [0.1, 0.15) is 37.5 Å². The van der Waals surface area contributed by atoms with E-state index in [9.17, 15) is 5.11 Å². The Hall–Kier alpha value is -1.76. The smallest absolute Gasteiger partial charge is 0.123 e. The van der Waals surface area contributed by atoms with Crippen molar-refractivity contribution < 1.29 is 5.11 Å². The van der Waals surface area contributed by atoms with Gasteiger partial charge in [-0.2, -0.15) is 0 Å². The Morgan fingerprint density at radius 2 is 1.32 bits per heavy atom. The van der Waals surface area contributed by atoms with E-state index in [1.807, 2.05) is 6.07 Å². The van der Waals surface area contributed by atoms with E-state index in [-0.39, 0.29) is 0 Å². The maximum atomic E-state index is 10.1. The predicted octanol–water partition coefficient (Wildman–Crippen LogP) is 4.75. The molecule has 1 N–H and O–H groups in total. The van der Waals surface area contributed by atoms with Gasteiger partial charge in [0.05, 0.1) is 0 Å². The van der Waals surface area contributed by atoms with Gasteiger partial charge in [-0.1, -0.05) is 45.0 Å². The largest absolute Gasteiger partial charge is 0.507 e. The highest BCUT2D eigenvalue weighted by Crippen LogP contribution is 2.32. The zero-order valence-electron chi connectivity index (χ0n) is 12.0. The van der Waals surface area contributed by atoms with E-state index in [2.05, 4.69) is 45.0 Å². The Balaban J connectivity index is 2.57. The lowest BCUT2D eigenvalue weighted by molar-refractivity contribution is 0.477. The predicted molar refractivity (Wildman–Crippen MR) is 81.7 cm³/mol. The van der Waals surface area contributed by atoms with Gasteiger partial charge in [0.1, 0.15) is 5.75 Å². The number of hydrogen-bond donors (Lipinski definition) is 1. The molecule has 1 nitrogen and oxygen atoms in total. The summed E-state index contributed by atoms with van der Waals surface area (Å²) in [7, 11) is 0. The minimum atomic E-state index is 0.368. The highest BCUT2D eigenvalue weighted by molar-refractivity contribution is 5.72. The van der Waals surface area contributed by atoms with Crippen molar-refractivity contribution in [2.45, 2.75) is 40.0 Å². The van der Waals surface area contributed by atoms with Gasteiger partial charge in [-0.05, 0) is 53.6 Å². The first-order chi connectivity index (χ1) is 9.17. The standard InChI is InChI=1S/C18H22O/c1-4-13-7-8-18(19)17(12-13)16-10-14(5-2)9-15(6-3)11-16/h7-12,19H,4-6H2,1-3H3. The summed E-state index contributed by atoms with van der Waals surface area (Å²) >= 11 is 0. The van der Waals surface area contributed by atoms with E-state index in [1.54, 1.807) is 6.07 Å². The molecule has 100 valence electrons. The Labute approximate surface area is 115 Å². The summed E-state index contributed by atoms with van der Waals surface area (Å²) in [5, 5.41) is 10.1. The van der Waals surface area contributed by atoms with Crippen LogP contribution < -0.4 is 0 Å². The van der Waals surface area contributed by atoms with Crippen LogP contribution in [-0.4, -0.2) is 5.11 Å². The molecule has 0 saturated heterocycles. The summed E-state index contributed by atoms with van der Waals surface area (Å²) in [5.74, 6) is 0.368. The molecule has 0 aliphatic carbocycles. The molecule has 0 aliphatic rings. The average Bonchev–Trinajstić information content (AvgIpc) is 2.47. The van der Waals surface area contributed by atoms with Crippen molar-refractivity contribution in [3.05, 3.63) is 53.1 Å². The van der Waals surface area contributed by atoms with Crippen LogP contribution in [0.25, 0.3) is 11.1 Å². The Bertz CT molecular complexity index is 548. The van der Waals surface area contributed by atoms with Crippen LogP contribution in [0, 0.1) is 0 Å². The molecule has 0 unspecified atom stereocenters. The Morgan fingerprint density at radius 1 is 0.737 bits per heavy atom. The van der Waals surface area contributed by atoms with E-state index in [1.165, 1.54) is 16.7 Å². The van der Waals surface area contributed by atoms with E-state index in [4.69, 9.17) is 0 Å². The van der Waals surface area contributed by atoms with Gasteiger partial charge in [0, 0.05) is 5.56 Å². The van der Waals surface area contributed by atoms with E-state index >= 15 is 0 Å². The Kier molecular flexibility index (Phi) is 4.26. The van der Waals surface area contributed by atoms with Gasteiger partial charge >= 0.3 is 0 Å². The zero-order chi connectivity index (χ0) is 13.8. The van der Waals surface area contributed by atoms with Crippen LogP contribution in [0.5, 0.6) is 5.75 Å². The minimum Gasteiger partial charge on any atom is -0.507 e. The fourth-order valence-electron chi connectivity index (χ4n) is 2.36. The number of hydrogen-bond acceptors (Lipinski definition) is 1. The van der Waals surface area contributed by atoms with Gasteiger partial charge in [0.2, 0.25) is 0 Å². The number of rotatable bonds is 4. The topological polar surface area (TPSA) is 20.2 Å². The number of benzene rings is 2. The summed E-state index contributed by atoms with van der Waals surface area (Å²) in [4.78, 5) is 0. The molecule has 0 saturated carbocycles. The first kappa shape index (κ1) is 13.7. The molecule has 0 heterocycles. The molecule has 0 bridgehead atoms. The minimum absolute atomic E-state index is 0.368. The van der Waals surface area contributed by atoms with E-state index in [0.29, 0.717) is 5.75 Å². The summed E-state index contributed by atoms with van der Waals surface area (Å²) < 4.78 is 0. The fourth-order valence-corrected chi connectivity index (χ4v) is 2.36. The maximum absolute atomic E-state index is 10.1. The molecule has 1 heteroatoms. The first-order valence-electron chi connectivity index (χ1n) is 7.13. The van der Waals surface area contributed by atoms with Crippen LogP contribution in [-0.2, 0) is 19.3 Å². The number of aryl methyl sites for hydroxylation is 3. The molecular weight excluding hydrogens is 232 g/mol. The van der Waals surface area contributed by atoms with Crippen molar-refractivity contribution >= 4 is 0 Å². The summed E-state index contributed by atoms with van der Waals surface area (Å²) in [6.45, 7) is 6.47. The van der Waals surface area contributed by atoms with Crippen LogP contribution in [0.2, 0.25) is 0 Å². The summed E-state index contributed by atoms with van der Waals surface area (Å²) in [6.07, 6.45) is 3.03. The van der Waals surface area contributed by atoms with Gasteiger partial charge < -0.3 is 5.11 Å². The summed E-state index contributed by atoms with van der Waals surface area (Å²) in [5.41, 5.74) is 5.99. The van der Waals surface area contributed by atoms with Gasteiger partial charge in [-0.15, -0.1) is 0 Å². The SMILES string of the molecule is CCc1cc(CC)cc(-c2cc(CC)ccc2O)c1. The number of aromatic hydroxyl groups is 1. The molecular formula is C18H22O. The van der Waals surface area contributed by atoms with Crippen molar-refractivity contribution in [3.8, 4) is 16.9 Å². The molecule has 0 fully saturated rings. The fraction of sp³-hybridized carbons (Fsp3) is 0.333. The molecule has 0 aromatic heterocycles. The molecule has 0 radical (unpaired) electrons. The molecule has 0 spiro atoms. The van der Waals surface area contributed by atoms with Crippen LogP contribution in [0.4, 0.5) is 0 Å². The van der Waals surface area contributed by atoms with Gasteiger partial charge in [-0.3, -0.25) is 0 Å². The van der Waals surface area contributed by atoms with Crippen molar-refractivity contribution in [2.75, 3.05) is 0 Å². The second-order valence-corrected chi connectivity index (χ2v) is 4.95. The lowest BCUT2D eigenvalue weighted by Crippen LogP contribution is -1.90. The van der Waals surface area contributed by atoms with Crippen molar-refractivity contribution in [3.63, 3.8) is 0 Å². The molecule has 2 aromatic carbocycles. The second kappa shape index (κ2) is 5.92. The zero-order valence-corrected chi connectivity index (χ0v) is 12.0. The van der Waals surface area contributed by atoms with Crippen LogP contribution in [0.3, 0.4) is 0 Å². The molecule has 0 atom stereocenters. The molecule has 19 heavy (non-hydrogen) atoms. The highest BCUT2D eigenvalue weighted by Gasteiger charge is 2.07. The third-order valence-electron chi connectivity index (χ3n) is 3.65. The molecule has 0 amide bonds. The number of phenols is 1. The lowest BCUT2D eigenvalue weighted by atomic mass is 9.95. The van der Waals surface area contributed by atoms with Gasteiger partial charge in [0.25, 0.3) is 0 Å². The monoisotopic (exact) mass is 254 g/mol. The van der Waals surface area contributed by atoms with Gasteiger partial charge in [0.15, 0.2) is 0 Å². The molecule has 2 rings (SSSR count). The Morgan fingerprint density at radius 3 is 1.84 bits per heavy atom. The van der Waals surface area contributed by atoms with E-state index < -0.39 is 0 Å². The number of phenolic OH excluding ortho intramolecular Hbond substituents is 1. The average molecular weight is 254 g/mol. The second-order valence-electron chi connectivity index (χ2n) is 4.95. The van der Waals surface area contributed by atoms with Crippen LogP contribution in [0.15, 0.2) is 36.4 Å². The normalized spacial score (nSPS) is 10.7. The van der Waals surface area contributed by atoms with Crippen molar-refractivity contribution in [1.82, 2.24) is 0 Å². The third-order valence-corrected chi connectivity index (χ3v) is 3.65. The van der Waals surface area contributed by atoms with Crippen LogP contribution >= 0.6 is 0 Å². The lowest BCUT2D eigenvalue weighted by Gasteiger charge is -2.11. The third kappa shape index (κ3) is 2.98. The summed E-state index contributed by atoms with van der Waals surface area (Å²) in [6, 6.07) is 12.5. The quantitative estimate of drug-likeness (QED) is 0.835. The van der Waals surface area contributed by atoms with Crippen molar-refractivity contribution in [2.24, 2.45) is 0 Å². The van der Waals surface area contributed by atoms with Gasteiger partial charge in [-0.25, -0.2) is 0 Å². The van der Waals surface area contributed by atoms with Crippen molar-refractivity contribution in [1.29, 1.82) is 0 Å². The van der Waals surface area contributed by atoms with E-state index in [0.717, 1.165) is 30.4 Å². The molecule has 0 aliphatic heterocycles. The highest BCUT2D eigenvalue weighted by atomic mass is 16.3. The maximum Gasteiger partial charge on any atom is 0.123 e.